The third-order valence-corrected chi connectivity index (χ3v) is 6.63. The van der Waals surface area contributed by atoms with Crippen LogP contribution in [0.5, 0.6) is 17.2 Å². The van der Waals surface area contributed by atoms with Crippen LogP contribution in [0.3, 0.4) is 0 Å². The van der Waals surface area contributed by atoms with Crippen molar-refractivity contribution in [1.82, 2.24) is 0 Å². The summed E-state index contributed by atoms with van der Waals surface area (Å²) in [6.45, 7) is 7.74. The van der Waals surface area contributed by atoms with Crippen molar-refractivity contribution < 1.29 is 33.1 Å². The SMILES string of the molecule is COC(=O)[C@@H](CC(C)C)[NH+]1COc2ccc3c(=O)c(-c4ccc5c(c4)OCCO5)c(C)oc3c2C1. The van der Waals surface area contributed by atoms with E-state index in [1.54, 1.807) is 13.0 Å². The molecule has 2 aliphatic heterocycles. The number of hydrogen-bond donors (Lipinski definition) is 1. The van der Waals surface area contributed by atoms with Gasteiger partial charge in [-0.15, -0.1) is 0 Å². The second kappa shape index (κ2) is 9.26. The van der Waals surface area contributed by atoms with E-state index in [2.05, 4.69) is 13.8 Å². The molecule has 1 unspecified atom stereocenters. The van der Waals surface area contributed by atoms with Crippen molar-refractivity contribution in [3.8, 4) is 28.4 Å². The molecule has 5 rings (SSSR count). The fraction of sp³-hybridized carbons (Fsp3) is 0.407. The molecule has 3 heterocycles. The van der Waals surface area contributed by atoms with Crippen molar-refractivity contribution in [2.45, 2.75) is 39.8 Å². The van der Waals surface area contributed by atoms with E-state index in [1.165, 1.54) is 7.11 Å². The molecule has 0 radical (unpaired) electrons. The number of esters is 1. The molecule has 1 aromatic heterocycles. The number of carbonyl (C=O) groups excluding carboxylic acids is 1. The van der Waals surface area contributed by atoms with Gasteiger partial charge >= 0.3 is 5.97 Å². The van der Waals surface area contributed by atoms with E-state index in [4.69, 9.17) is 23.4 Å². The van der Waals surface area contributed by atoms with Gasteiger partial charge < -0.3 is 23.4 Å². The topological polar surface area (TPSA) is 88.6 Å². The van der Waals surface area contributed by atoms with Gasteiger partial charge in [0.2, 0.25) is 12.2 Å². The van der Waals surface area contributed by atoms with Crippen LogP contribution in [0.15, 0.2) is 39.5 Å². The summed E-state index contributed by atoms with van der Waals surface area (Å²) >= 11 is 0. The summed E-state index contributed by atoms with van der Waals surface area (Å²) in [6, 6.07) is 8.67. The first-order chi connectivity index (χ1) is 16.9. The average Bonchev–Trinajstić information content (AvgIpc) is 2.86. The van der Waals surface area contributed by atoms with Crippen molar-refractivity contribution in [2.75, 3.05) is 27.1 Å². The molecule has 1 N–H and O–H groups in total. The van der Waals surface area contributed by atoms with Crippen LogP contribution in [0.4, 0.5) is 0 Å². The molecule has 0 saturated carbocycles. The van der Waals surface area contributed by atoms with Crippen molar-refractivity contribution in [2.24, 2.45) is 5.92 Å². The number of hydrogen-bond acceptors (Lipinski definition) is 7. The maximum absolute atomic E-state index is 13.7. The summed E-state index contributed by atoms with van der Waals surface area (Å²) in [5.41, 5.74) is 2.36. The highest BCUT2D eigenvalue weighted by molar-refractivity contribution is 5.87. The first-order valence-electron chi connectivity index (χ1n) is 11.9. The number of benzene rings is 2. The van der Waals surface area contributed by atoms with Gasteiger partial charge in [-0.1, -0.05) is 19.9 Å². The summed E-state index contributed by atoms with van der Waals surface area (Å²) in [7, 11) is 1.41. The predicted octanol–water partition coefficient (Wildman–Crippen LogP) is 2.86. The van der Waals surface area contributed by atoms with Crippen molar-refractivity contribution in [1.29, 1.82) is 0 Å². The minimum absolute atomic E-state index is 0.123. The molecule has 3 aromatic rings. The van der Waals surface area contributed by atoms with Gasteiger partial charge in [0.15, 0.2) is 23.1 Å². The van der Waals surface area contributed by atoms with Gasteiger partial charge in [-0.25, -0.2) is 4.79 Å². The lowest BCUT2D eigenvalue weighted by molar-refractivity contribution is -0.948. The van der Waals surface area contributed by atoms with E-state index in [0.29, 0.717) is 83.9 Å². The standard InChI is InChI=1S/C27H29NO7/c1-15(2)11-20(27(30)31-4)28-13-19-21(34-14-28)8-6-18-25(29)24(16(3)35-26(18)19)17-5-7-22-23(12-17)33-10-9-32-22/h5-8,12,15,20H,9-11,13-14H2,1-4H3/p+1/t20-/m1/s1. The van der Waals surface area contributed by atoms with Crippen LogP contribution in [0.1, 0.15) is 31.6 Å². The highest BCUT2D eigenvalue weighted by atomic mass is 16.6. The molecule has 0 spiro atoms. The quantitative estimate of drug-likeness (QED) is 0.562. The van der Waals surface area contributed by atoms with E-state index in [-0.39, 0.29) is 17.4 Å². The molecule has 2 atom stereocenters. The van der Waals surface area contributed by atoms with Gasteiger partial charge in [-0.05, 0) is 42.7 Å². The maximum Gasteiger partial charge on any atom is 0.364 e. The molecule has 8 nitrogen and oxygen atoms in total. The number of carbonyl (C=O) groups is 1. The number of fused-ring (bicyclic) bond motifs is 4. The molecule has 2 aromatic carbocycles. The number of aryl methyl sites for hydroxylation is 1. The largest absolute Gasteiger partial charge is 0.486 e. The summed E-state index contributed by atoms with van der Waals surface area (Å²) in [4.78, 5) is 27.1. The Morgan fingerprint density at radius 2 is 1.80 bits per heavy atom. The second-order valence-corrected chi connectivity index (χ2v) is 9.47. The van der Waals surface area contributed by atoms with Crippen molar-refractivity contribution >= 4 is 16.9 Å². The van der Waals surface area contributed by atoms with E-state index < -0.39 is 0 Å². The Labute approximate surface area is 203 Å². The van der Waals surface area contributed by atoms with Crippen LogP contribution in [0.2, 0.25) is 0 Å². The number of ether oxygens (including phenoxy) is 4. The van der Waals surface area contributed by atoms with Gasteiger partial charge in [0, 0.05) is 6.42 Å². The van der Waals surface area contributed by atoms with Crippen molar-refractivity contribution in [3.05, 3.63) is 51.9 Å². The molecule has 0 bridgehead atoms. The van der Waals surface area contributed by atoms with E-state index >= 15 is 0 Å². The third-order valence-electron chi connectivity index (χ3n) is 6.63. The number of methoxy groups -OCH3 is 1. The smallest absolute Gasteiger partial charge is 0.364 e. The monoisotopic (exact) mass is 480 g/mol. The molecular weight excluding hydrogens is 450 g/mol. The molecule has 35 heavy (non-hydrogen) atoms. The molecular formula is C27H30NO7+. The van der Waals surface area contributed by atoms with Gasteiger partial charge in [0.05, 0.1) is 23.6 Å². The molecule has 0 aliphatic carbocycles. The molecule has 8 heteroatoms. The van der Waals surface area contributed by atoms with Crippen LogP contribution in [-0.2, 0) is 16.1 Å². The normalized spacial score (nSPS) is 17.6. The lowest BCUT2D eigenvalue weighted by Gasteiger charge is -2.31. The highest BCUT2D eigenvalue weighted by Crippen LogP contribution is 2.36. The Hall–Kier alpha value is -3.52. The highest BCUT2D eigenvalue weighted by Gasteiger charge is 2.36. The minimum atomic E-state index is -0.367. The van der Waals surface area contributed by atoms with Crippen LogP contribution in [0, 0.1) is 12.8 Å². The number of quaternary nitrogens is 1. The summed E-state index contributed by atoms with van der Waals surface area (Å²) in [5, 5.41) is 0.475. The Kier molecular flexibility index (Phi) is 6.15. The zero-order valence-electron chi connectivity index (χ0n) is 20.4. The zero-order valence-corrected chi connectivity index (χ0v) is 20.4. The lowest BCUT2D eigenvalue weighted by atomic mass is 9.98. The molecule has 184 valence electrons. The maximum atomic E-state index is 13.7. The molecule has 0 amide bonds. The van der Waals surface area contributed by atoms with Gasteiger partial charge in [-0.2, -0.15) is 0 Å². The van der Waals surface area contributed by atoms with Crippen LogP contribution < -0.4 is 24.5 Å². The van der Waals surface area contributed by atoms with Gasteiger partial charge in [-0.3, -0.25) is 9.69 Å². The molecule has 0 saturated heterocycles. The zero-order chi connectivity index (χ0) is 24.7. The van der Waals surface area contributed by atoms with Crippen molar-refractivity contribution in [3.63, 3.8) is 0 Å². The first kappa shape index (κ1) is 23.2. The van der Waals surface area contributed by atoms with E-state index in [9.17, 15) is 9.59 Å². The third kappa shape index (κ3) is 4.23. The summed E-state index contributed by atoms with van der Waals surface area (Å²) in [5.74, 6) is 2.51. The number of nitrogens with one attached hydrogen (secondary N) is 1. The minimum Gasteiger partial charge on any atom is -0.486 e. The number of rotatable bonds is 5. The fourth-order valence-electron chi connectivity index (χ4n) is 4.96. The van der Waals surface area contributed by atoms with E-state index in [1.807, 2.05) is 24.3 Å². The van der Waals surface area contributed by atoms with Crippen LogP contribution in [0.25, 0.3) is 22.1 Å². The van der Waals surface area contributed by atoms with Gasteiger partial charge in [0.1, 0.15) is 31.3 Å². The van der Waals surface area contributed by atoms with Crippen LogP contribution >= 0.6 is 0 Å². The summed E-state index contributed by atoms with van der Waals surface area (Å²) in [6.07, 6.45) is 0.669. The Bertz CT molecular complexity index is 1340. The lowest BCUT2D eigenvalue weighted by Crippen LogP contribution is -3.17. The second-order valence-electron chi connectivity index (χ2n) is 9.47. The first-order valence-corrected chi connectivity index (χ1v) is 11.9. The fourth-order valence-corrected chi connectivity index (χ4v) is 4.96. The Balaban J connectivity index is 1.57. The Morgan fingerprint density at radius 3 is 2.54 bits per heavy atom. The van der Waals surface area contributed by atoms with Crippen LogP contribution in [-0.4, -0.2) is 39.1 Å². The molecule has 2 aliphatic rings. The predicted molar refractivity (Wildman–Crippen MR) is 129 cm³/mol. The van der Waals surface area contributed by atoms with E-state index in [0.717, 1.165) is 10.5 Å². The van der Waals surface area contributed by atoms with Gasteiger partial charge in [0.25, 0.3) is 0 Å². The average molecular weight is 481 g/mol. The molecule has 0 fully saturated rings. The summed E-state index contributed by atoms with van der Waals surface area (Å²) < 4.78 is 28.7. The Morgan fingerprint density at radius 1 is 1.06 bits per heavy atom.